The van der Waals surface area contributed by atoms with Gasteiger partial charge in [0.05, 0.1) is 30.7 Å². The highest BCUT2D eigenvalue weighted by molar-refractivity contribution is 8.16. The molecule has 0 aliphatic carbocycles. The lowest BCUT2D eigenvalue weighted by Gasteiger charge is -2.19. The average molecular weight is 386 g/mol. The minimum absolute atomic E-state index is 0.314. The Labute approximate surface area is 162 Å². The van der Waals surface area contributed by atoms with E-state index in [0.29, 0.717) is 23.1 Å². The summed E-state index contributed by atoms with van der Waals surface area (Å²) in [6.45, 7) is 5.90. The normalized spacial score (nSPS) is 15.0. The fourth-order valence-corrected chi connectivity index (χ4v) is 3.50. The number of H-pyrrole nitrogens is 1. The smallest absolute Gasteiger partial charge is 0.340 e. The molecule has 1 aromatic heterocycles. The number of aromatic amines is 1. The van der Waals surface area contributed by atoms with Gasteiger partial charge in [0.1, 0.15) is 11.4 Å². The third kappa shape index (κ3) is 3.95. The Balaban J connectivity index is 1.83. The van der Waals surface area contributed by atoms with Crippen LogP contribution < -0.4 is 15.6 Å². The molecule has 0 saturated carbocycles. The minimum atomic E-state index is -0.314. The number of benzene rings is 1. The Bertz CT molecular complexity index is 918. The van der Waals surface area contributed by atoms with Gasteiger partial charge in [-0.15, -0.1) is 0 Å². The van der Waals surface area contributed by atoms with Gasteiger partial charge >= 0.3 is 5.97 Å². The molecule has 2 heterocycles. The van der Waals surface area contributed by atoms with Crippen molar-refractivity contribution >= 4 is 34.3 Å². The van der Waals surface area contributed by atoms with Crippen LogP contribution in [0.5, 0.6) is 5.75 Å². The summed E-state index contributed by atoms with van der Waals surface area (Å²) in [7, 11) is 1.62. The minimum Gasteiger partial charge on any atom is -0.494 e. The molecular weight excluding hydrogens is 364 g/mol. The SMILES string of the molecule is CCOC(=O)c1c(C)[nH]c(C2=CSC(=Nc3ccccc3OC)NN2)c1C. The maximum absolute atomic E-state index is 12.2. The Morgan fingerprint density at radius 3 is 2.67 bits per heavy atom. The molecule has 0 unspecified atom stereocenters. The Morgan fingerprint density at radius 1 is 1.22 bits per heavy atom. The number of aliphatic imine (C=N–C) groups is 1. The fraction of sp³-hybridized carbons (Fsp3) is 0.263. The van der Waals surface area contributed by atoms with E-state index in [-0.39, 0.29) is 5.97 Å². The Kier molecular flexibility index (Phi) is 5.75. The molecule has 0 saturated heterocycles. The van der Waals surface area contributed by atoms with Gasteiger partial charge in [0, 0.05) is 11.1 Å². The van der Waals surface area contributed by atoms with Gasteiger partial charge in [-0.05, 0) is 38.5 Å². The second kappa shape index (κ2) is 8.22. The van der Waals surface area contributed by atoms with E-state index in [0.717, 1.165) is 28.3 Å². The van der Waals surface area contributed by atoms with Crippen LogP contribution in [0.25, 0.3) is 5.70 Å². The van der Waals surface area contributed by atoms with Crippen molar-refractivity contribution in [2.24, 2.45) is 4.99 Å². The molecule has 0 bridgehead atoms. The lowest BCUT2D eigenvalue weighted by atomic mass is 10.1. The van der Waals surface area contributed by atoms with Crippen LogP contribution in [0, 0.1) is 13.8 Å². The van der Waals surface area contributed by atoms with Gasteiger partial charge in [0.25, 0.3) is 0 Å². The van der Waals surface area contributed by atoms with Gasteiger partial charge in [0.15, 0.2) is 5.17 Å². The summed E-state index contributed by atoms with van der Waals surface area (Å²) in [5.41, 5.74) is 10.8. The summed E-state index contributed by atoms with van der Waals surface area (Å²) in [4.78, 5) is 20.0. The number of carbonyl (C=O) groups is 1. The quantitative estimate of drug-likeness (QED) is 0.680. The van der Waals surface area contributed by atoms with Crippen LogP contribution in [0.1, 0.15) is 34.2 Å². The molecule has 0 amide bonds. The van der Waals surface area contributed by atoms with Crippen molar-refractivity contribution in [3.05, 3.63) is 52.2 Å². The van der Waals surface area contributed by atoms with Crippen molar-refractivity contribution in [3.63, 3.8) is 0 Å². The molecule has 1 aromatic carbocycles. The largest absolute Gasteiger partial charge is 0.494 e. The summed E-state index contributed by atoms with van der Waals surface area (Å²) in [5.74, 6) is 0.391. The van der Waals surface area contributed by atoms with Gasteiger partial charge in [-0.25, -0.2) is 9.79 Å². The van der Waals surface area contributed by atoms with Crippen LogP contribution >= 0.6 is 11.8 Å². The molecule has 0 spiro atoms. The molecule has 1 aliphatic heterocycles. The first-order chi connectivity index (χ1) is 13.0. The molecule has 0 fully saturated rings. The van der Waals surface area contributed by atoms with Crippen molar-refractivity contribution < 1.29 is 14.3 Å². The van der Waals surface area contributed by atoms with Crippen molar-refractivity contribution in [1.29, 1.82) is 0 Å². The molecule has 3 rings (SSSR count). The highest BCUT2D eigenvalue weighted by Crippen LogP contribution is 2.30. The van der Waals surface area contributed by atoms with Crippen molar-refractivity contribution in [1.82, 2.24) is 15.8 Å². The molecule has 8 heteroatoms. The molecule has 27 heavy (non-hydrogen) atoms. The van der Waals surface area contributed by atoms with E-state index in [2.05, 4.69) is 20.8 Å². The monoisotopic (exact) mass is 386 g/mol. The number of hydrogen-bond donors (Lipinski definition) is 3. The number of nitrogens with one attached hydrogen (secondary N) is 3. The number of aryl methyl sites for hydroxylation is 1. The fourth-order valence-electron chi connectivity index (χ4n) is 2.83. The van der Waals surface area contributed by atoms with Crippen molar-refractivity contribution in [2.45, 2.75) is 20.8 Å². The number of para-hydroxylation sites is 2. The predicted molar refractivity (Wildman–Crippen MR) is 108 cm³/mol. The van der Waals surface area contributed by atoms with Crippen LogP contribution in [0.3, 0.4) is 0 Å². The molecule has 3 N–H and O–H groups in total. The van der Waals surface area contributed by atoms with Gasteiger partial charge in [-0.2, -0.15) is 0 Å². The first kappa shape index (κ1) is 18.9. The highest BCUT2D eigenvalue weighted by atomic mass is 32.2. The number of carbonyl (C=O) groups excluding carboxylic acids is 1. The Morgan fingerprint density at radius 2 is 2.00 bits per heavy atom. The van der Waals surface area contributed by atoms with Gasteiger partial charge in [-0.3, -0.25) is 10.9 Å². The third-order valence-electron chi connectivity index (χ3n) is 4.09. The van der Waals surface area contributed by atoms with E-state index in [1.165, 1.54) is 11.8 Å². The van der Waals surface area contributed by atoms with Crippen LogP contribution in [0.15, 0.2) is 34.7 Å². The standard InChI is InChI=1S/C19H22N4O3S/c1-5-26-18(24)16-11(2)17(20-12(16)3)14-10-27-19(23-22-14)21-13-8-6-7-9-15(13)25-4/h6-10,20,22H,5H2,1-4H3,(H,21,23). The van der Waals surface area contributed by atoms with E-state index in [1.807, 2.05) is 43.5 Å². The van der Waals surface area contributed by atoms with E-state index in [4.69, 9.17) is 9.47 Å². The number of methoxy groups -OCH3 is 1. The zero-order valence-corrected chi connectivity index (χ0v) is 16.5. The number of amidine groups is 1. The molecule has 142 valence electrons. The summed E-state index contributed by atoms with van der Waals surface area (Å²) >= 11 is 1.45. The van der Waals surface area contributed by atoms with Crippen molar-refractivity contribution in [3.8, 4) is 5.75 Å². The van der Waals surface area contributed by atoms with Crippen LogP contribution in [-0.4, -0.2) is 29.8 Å². The van der Waals surface area contributed by atoms with E-state index in [1.54, 1.807) is 14.0 Å². The maximum atomic E-state index is 12.2. The second-order valence-electron chi connectivity index (χ2n) is 5.83. The zero-order chi connectivity index (χ0) is 19.4. The second-order valence-corrected chi connectivity index (χ2v) is 6.69. The van der Waals surface area contributed by atoms with E-state index < -0.39 is 0 Å². The molecule has 1 aliphatic rings. The molecule has 7 nitrogen and oxygen atoms in total. The number of nitrogens with zero attached hydrogens (tertiary/aromatic N) is 1. The number of rotatable bonds is 5. The maximum Gasteiger partial charge on any atom is 0.340 e. The number of thioether (sulfide) groups is 1. The first-order valence-electron chi connectivity index (χ1n) is 8.52. The van der Waals surface area contributed by atoms with E-state index in [9.17, 15) is 4.79 Å². The number of ether oxygens (including phenoxy) is 2. The van der Waals surface area contributed by atoms with Crippen LogP contribution in [0.2, 0.25) is 0 Å². The predicted octanol–water partition coefficient (Wildman–Crippen LogP) is 3.64. The number of hydrazine groups is 1. The summed E-state index contributed by atoms with van der Waals surface area (Å²) in [6.07, 6.45) is 0. The summed E-state index contributed by atoms with van der Waals surface area (Å²) in [5, 5.41) is 2.63. The topological polar surface area (TPSA) is 87.7 Å². The Hall–Kier alpha value is -2.87. The van der Waals surface area contributed by atoms with Crippen LogP contribution in [-0.2, 0) is 4.74 Å². The van der Waals surface area contributed by atoms with Crippen LogP contribution in [0.4, 0.5) is 5.69 Å². The highest BCUT2D eigenvalue weighted by Gasteiger charge is 2.22. The third-order valence-corrected chi connectivity index (χ3v) is 4.86. The van der Waals surface area contributed by atoms with Gasteiger partial charge < -0.3 is 14.5 Å². The lowest BCUT2D eigenvalue weighted by molar-refractivity contribution is 0.0525. The number of hydrogen-bond acceptors (Lipinski definition) is 6. The zero-order valence-electron chi connectivity index (χ0n) is 15.7. The van der Waals surface area contributed by atoms with Gasteiger partial charge in [-0.1, -0.05) is 23.9 Å². The summed E-state index contributed by atoms with van der Waals surface area (Å²) in [6, 6.07) is 7.56. The number of esters is 1. The summed E-state index contributed by atoms with van der Waals surface area (Å²) < 4.78 is 10.5. The molecule has 0 atom stereocenters. The van der Waals surface area contributed by atoms with Crippen molar-refractivity contribution in [2.75, 3.05) is 13.7 Å². The molecule has 2 aromatic rings. The molecule has 0 radical (unpaired) electrons. The van der Waals surface area contributed by atoms with Gasteiger partial charge in [0.2, 0.25) is 0 Å². The molecular formula is C19H22N4O3S. The average Bonchev–Trinajstić information content (AvgIpc) is 2.97. The number of aromatic nitrogens is 1. The van der Waals surface area contributed by atoms with E-state index >= 15 is 0 Å². The first-order valence-corrected chi connectivity index (χ1v) is 9.40. The lowest BCUT2D eigenvalue weighted by Crippen LogP contribution is -2.37.